The molecule has 0 bridgehead atoms. The van der Waals surface area contributed by atoms with Gasteiger partial charge < -0.3 is 15.4 Å². The van der Waals surface area contributed by atoms with E-state index in [9.17, 15) is 4.79 Å². The topological polar surface area (TPSA) is 55.6 Å². The predicted molar refractivity (Wildman–Crippen MR) is 59.4 cm³/mol. The summed E-state index contributed by atoms with van der Waals surface area (Å²) in [7, 11) is 0. The highest BCUT2D eigenvalue weighted by molar-refractivity contribution is 5.79. The summed E-state index contributed by atoms with van der Waals surface area (Å²) in [5.41, 5.74) is 5.64. The molecule has 4 nitrogen and oxygen atoms in total. The van der Waals surface area contributed by atoms with Crippen molar-refractivity contribution in [2.24, 2.45) is 17.6 Å². The molecule has 88 valence electrons. The standard InChI is InChI=1S/C11H22N2O2/c1-8(2)10(6-12)11(14)13-4-5-15-9(3)7-13/h8-10H,4-7,12H2,1-3H3. The van der Waals surface area contributed by atoms with Crippen LogP contribution in [0.5, 0.6) is 0 Å². The van der Waals surface area contributed by atoms with Crippen molar-refractivity contribution in [3.05, 3.63) is 0 Å². The summed E-state index contributed by atoms with van der Waals surface area (Å²) in [6.45, 7) is 8.55. The number of rotatable bonds is 3. The lowest BCUT2D eigenvalue weighted by atomic mass is 9.94. The molecule has 0 radical (unpaired) electrons. The van der Waals surface area contributed by atoms with Crippen LogP contribution in [0.1, 0.15) is 20.8 Å². The average molecular weight is 214 g/mol. The maximum absolute atomic E-state index is 12.1. The summed E-state index contributed by atoms with van der Waals surface area (Å²) in [6.07, 6.45) is 0.147. The molecule has 4 heteroatoms. The van der Waals surface area contributed by atoms with Gasteiger partial charge >= 0.3 is 0 Å². The lowest BCUT2D eigenvalue weighted by molar-refractivity contribution is -0.143. The molecular formula is C11H22N2O2. The van der Waals surface area contributed by atoms with Crippen molar-refractivity contribution in [2.75, 3.05) is 26.2 Å². The Morgan fingerprint density at radius 1 is 1.60 bits per heavy atom. The highest BCUT2D eigenvalue weighted by Gasteiger charge is 2.28. The van der Waals surface area contributed by atoms with Gasteiger partial charge in [0.25, 0.3) is 0 Å². The molecule has 1 aliphatic rings. The molecule has 2 atom stereocenters. The SMILES string of the molecule is CC1CN(C(=O)C(CN)C(C)C)CCO1. The van der Waals surface area contributed by atoms with Crippen molar-refractivity contribution < 1.29 is 9.53 Å². The average Bonchev–Trinajstić information content (AvgIpc) is 2.18. The van der Waals surface area contributed by atoms with Gasteiger partial charge in [-0.2, -0.15) is 0 Å². The van der Waals surface area contributed by atoms with Crippen molar-refractivity contribution in [1.29, 1.82) is 0 Å². The van der Waals surface area contributed by atoms with Gasteiger partial charge in [-0.15, -0.1) is 0 Å². The largest absolute Gasteiger partial charge is 0.375 e. The van der Waals surface area contributed by atoms with Crippen LogP contribution in [0, 0.1) is 11.8 Å². The lowest BCUT2D eigenvalue weighted by Crippen LogP contribution is -2.49. The molecule has 2 N–H and O–H groups in total. The normalized spacial score (nSPS) is 24.3. The van der Waals surface area contributed by atoms with E-state index in [0.717, 1.165) is 0 Å². The van der Waals surface area contributed by atoms with Crippen molar-refractivity contribution in [3.63, 3.8) is 0 Å². The van der Waals surface area contributed by atoms with Crippen LogP contribution >= 0.6 is 0 Å². The van der Waals surface area contributed by atoms with E-state index in [1.807, 2.05) is 25.7 Å². The molecule has 0 spiro atoms. The molecule has 1 rings (SSSR count). The van der Waals surface area contributed by atoms with Crippen LogP contribution in [-0.4, -0.2) is 43.2 Å². The third-order valence-corrected chi connectivity index (χ3v) is 2.93. The zero-order valence-corrected chi connectivity index (χ0v) is 9.90. The van der Waals surface area contributed by atoms with Gasteiger partial charge in [0.05, 0.1) is 18.6 Å². The van der Waals surface area contributed by atoms with Crippen molar-refractivity contribution in [1.82, 2.24) is 4.90 Å². The first-order valence-corrected chi connectivity index (χ1v) is 5.66. The first kappa shape index (κ1) is 12.5. The van der Waals surface area contributed by atoms with Gasteiger partial charge in [-0.3, -0.25) is 4.79 Å². The van der Waals surface area contributed by atoms with Gasteiger partial charge in [-0.25, -0.2) is 0 Å². The summed E-state index contributed by atoms with van der Waals surface area (Å²) < 4.78 is 5.41. The smallest absolute Gasteiger partial charge is 0.227 e. The molecular weight excluding hydrogens is 192 g/mol. The van der Waals surface area contributed by atoms with Crippen LogP contribution in [-0.2, 0) is 9.53 Å². The maximum Gasteiger partial charge on any atom is 0.227 e. The number of ether oxygens (including phenoxy) is 1. The Balaban J connectivity index is 2.57. The highest BCUT2D eigenvalue weighted by Crippen LogP contribution is 2.15. The lowest BCUT2D eigenvalue weighted by Gasteiger charge is -2.34. The predicted octanol–water partition coefficient (Wildman–Crippen LogP) is 0.465. The molecule has 1 fully saturated rings. The van der Waals surface area contributed by atoms with Gasteiger partial charge in [0.1, 0.15) is 0 Å². The minimum absolute atomic E-state index is 0.0460. The Bertz CT molecular complexity index is 219. The second kappa shape index (κ2) is 5.47. The number of morpholine rings is 1. The van der Waals surface area contributed by atoms with E-state index in [4.69, 9.17) is 10.5 Å². The third kappa shape index (κ3) is 3.18. The number of amides is 1. The number of carbonyl (C=O) groups is 1. The summed E-state index contributed by atoms with van der Waals surface area (Å²) >= 11 is 0. The van der Waals surface area contributed by atoms with E-state index in [2.05, 4.69) is 0 Å². The summed E-state index contributed by atoms with van der Waals surface area (Å²) in [5, 5.41) is 0. The Morgan fingerprint density at radius 3 is 2.73 bits per heavy atom. The quantitative estimate of drug-likeness (QED) is 0.743. The van der Waals surface area contributed by atoms with E-state index in [1.54, 1.807) is 0 Å². The van der Waals surface area contributed by atoms with E-state index in [0.29, 0.717) is 32.2 Å². The first-order valence-electron chi connectivity index (χ1n) is 5.66. The fourth-order valence-corrected chi connectivity index (χ4v) is 1.91. The molecule has 0 aromatic carbocycles. The molecule has 0 aromatic rings. The Morgan fingerprint density at radius 2 is 2.27 bits per heavy atom. The number of nitrogens with zero attached hydrogens (tertiary/aromatic N) is 1. The molecule has 15 heavy (non-hydrogen) atoms. The zero-order valence-electron chi connectivity index (χ0n) is 9.90. The molecule has 0 aromatic heterocycles. The number of nitrogens with two attached hydrogens (primary N) is 1. The molecule has 1 aliphatic heterocycles. The number of hydrogen-bond donors (Lipinski definition) is 1. The van der Waals surface area contributed by atoms with Crippen molar-refractivity contribution in [2.45, 2.75) is 26.9 Å². The van der Waals surface area contributed by atoms with Crippen molar-refractivity contribution >= 4 is 5.91 Å². The molecule has 1 heterocycles. The third-order valence-electron chi connectivity index (χ3n) is 2.93. The Hall–Kier alpha value is -0.610. The van der Waals surface area contributed by atoms with Crippen LogP contribution in [0.3, 0.4) is 0 Å². The van der Waals surface area contributed by atoms with Crippen LogP contribution in [0.15, 0.2) is 0 Å². The second-order valence-corrected chi connectivity index (χ2v) is 4.55. The van der Waals surface area contributed by atoms with Gasteiger partial charge in [0, 0.05) is 19.6 Å². The first-order chi connectivity index (χ1) is 7.06. The minimum Gasteiger partial charge on any atom is -0.375 e. The van der Waals surface area contributed by atoms with Gasteiger partial charge in [-0.05, 0) is 12.8 Å². The molecule has 0 aliphatic carbocycles. The Labute approximate surface area is 91.8 Å². The van der Waals surface area contributed by atoms with Gasteiger partial charge in [0.15, 0.2) is 0 Å². The fourth-order valence-electron chi connectivity index (χ4n) is 1.91. The van der Waals surface area contributed by atoms with Gasteiger partial charge in [-0.1, -0.05) is 13.8 Å². The number of carbonyl (C=O) groups excluding carboxylic acids is 1. The molecule has 2 unspecified atom stereocenters. The number of hydrogen-bond acceptors (Lipinski definition) is 3. The second-order valence-electron chi connectivity index (χ2n) is 4.55. The maximum atomic E-state index is 12.1. The van der Waals surface area contributed by atoms with E-state index < -0.39 is 0 Å². The van der Waals surface area contributed by atoms with Crippen LogP contribution in [0.2, 0.25) is 0 Å². The van der Waals surface area contributed by atoms with Crippen LogP contribution in [0.4, 0.5) is 0 Å². The van der Waals surface area contributed by atoms with E-state index >= 15 is 0 Å². The van der Waals surface area contributed by atoms with Gasteiger partial charge in [0.2, 0.25) is 5.91 Å². The highest BCUT2D eigenvalue weighted by atomic mass is 16.5. The van der Waals surface area contributed by atoms with Crippen LogP contribution in [0.25, 0.3) is 0 Å². The monoisotopic (exact) mass is 214 g/mol. The molecule has 0 saturated carbocycles. The van der Waals surface area contributed by atoms with E-state index in [1.165, 1.54) is 0 Å². The molecule has 1 amide bonds. The van der Waals surface area contributed by atoms with E-state index in [-0.39, 0.29) is 17.9 Å². The zero-order chi connectivity index (χ0) is 11.4. The molecule has 1 saturated heterocycles. The van der Waals surface area contributed by atoms with Crippen molar-refractivity contribution in [3.8, 4) is 0 Å². The fraction of sp³-hybridized carbons (Fsp3) is 0.909. The summed E-state index contributed by atoms with van der Waals surface area (Å²) in [6, 6.07) is 0. The summed E-state index contributed by atoms with van der Waals surface area (Å²) in [5.74, 6) is 0.443. The minimum atomic E-state index is -0.0460. The van der Waals surface area contributed by atoms with Crippen LogP contribution < -0.4 is 5.73 Å². The Kier molecular flexibility index (Phi) is 4.54. The summed E-state index contributed by atoms with van der Waals surface area (Å²) in [4.78, 5) is 14.0.